The molecule has 1 aliphatic heterocycles. The molecule has 118 valence electrons. The van der Waals surface area contributed by atoms with Crippen LogP contribution in [0.2, 0.25) is 0 Å². The molecule has 6 heteroatoms. The molecule has 2 aliphatic rings. The number of carbonyl (C=O) groups is 1. The maximum atomic E-state index is 12.6. The molecule has 5 nitrogen and oxygen atoms in total. The van der Waals surface area contributed by atoms with Gasteiger partial charge in [-0.05, 0) is 25.2 Å². The number of aromatic nitrogens is 2. The molecule has 3 atom stereocenters. The van der Waals surface area contributed by atoms with Crippen LogP contribution in [0.15, 0.2) is 12.4 Å². The van der Waals surface area contributed by atoms with Gasteiger partial charge in [0.1, 0.15) is 5.82 Å². The number of likely N-dealkylation sites (N-methyl/N-ethyl adjacent to an activating group) is 1. The minimum Gasteiger partial charge on any atom is -0.337 e. The summed E-state index contributed by atoms with van der Waals surface area (Å²) in [4.78, 5) is 18.6. The van der Waals surface area contributed by atoms with E-state index in [0.717, 1.165) is 12.2 Å². The number of rotatable bonds is 3. The first-order valence-corrected chi connectivity index (χ1v) is 7.62. The van der Waals surface area contributed by atoms with E-state index in [1.165, 1.54) is 25.7 Å². The van der Waals surface area contributed by atoms with Crippen LogP contribution in [-0.4, -0.2) is 39.5 Å². The van der Waals surface area contributed by atoms with Gasteiger partial charge in [0, 0.05) is 32.5 Å². The van der Waals surface area contributed by atoms with E-state index in [0.29, 0.717) is 18.5 Å². The zero-order valence-electron chi connectivity index (χ0n) is 12.8. The Labute approximate surface area is 132 Å². The van der Waals surface area contributed by atoms with E-state index in [1.807, 2.05) is 24.9 Å². The Morgan fingerprint density at radius 2 is 2.24 bits per heavy atom. The molecule has 1 aliphatic carbocycles. The molecule has 3 unspecified atom stereocenters. The number of fused-ring (bicyclic) bond motifs is 1. The van der Waals surface area contributed by atoms with Gasteiger partial charge in [-0.25, -0.2) is 4.98 Å². The Morgan fingerprint density at radius 1 is 1.48 bits per heavy atom. The van der Waals surface area contributed by atoms with Crippen molar-refractivity contribution in [2.45, 2.75) is 50.7 Å². The molecule has 2 fully saturated rings. The Bertz CT molecular complexity index is 476. The summed E-state index contributed by atoms with van der Waals surface area (Å²) >= 11 is 0. The topological polar surface area (TPSA) is 50.2 Å². The first kappa shape index (κ1) is 16.3. The number of hydrogen-bond donors (Lipinski definition) is 1. The fourth-order valence-electron chi connectivity index (χ4n) is 3.62. The molecule has 21 heavy (non-hydrogen) atoms. The average Bonchev–Trinajstić information content (AvgIpc) is 3.04. The normalized spacial score (nSPS) is 27.8. The maximum Gasteiger partial charge on any atom is 0.239 e. The van der Waals surface area contributed by atoms with Gasteiger partial charge in [-0.2, -0.15) is 0 Å². The number of halogens is 1. The fourth-order valence-corrected chi connectivity index (χ4v) is 3.62. The quantitative estimate of drug-likeness (QED) is 0.924. The van der Waals surface area contributed by atoms with E-state index in [1.54, 1.807) is 11.1 Å². The van der Waals surface area contributed by atoms with E-state index >= 15 is 0 Å². The lowest BCUT2D eigenvalue weighted by Crippen LogP contribution is -2.43. The van der Waals surface area contributed by atoms with Crippen LogP contribution in [0.4, 0.5) is 0 Å². The first-order valence-electron chi connectivity index (χ1n) is 7.62. The molecule has 3 rings (SSSR count). The van der Waals surface area contributed by atoms with E-state index in [-0.39, 0.29) is 24.4 Å². The molecular weight excluding hydrogens is 288 g/mol. The van der Waals surface area contributed by atoms with Crippen molar-refractivity contribution in [2.24, 2.45) is 13.0 Å². The summed E-state index contributed by atoms with van der Waals surface area (Å²) in [6.07, 6.45) is 9.84. The van der Waals surface area contributed by atoms with Crippen molar-refractivity contribution in [1.29, 1.82) is 0 Å². The molecule has 1 aromatic rings. The van der Waals surface area contributed by atoms with Crippen molar-refractivity contribution in [1.82, 2.24) is 19.8 Å². The molecule has 1 aromatic heterocycles. The highest BCUT2D eigenvalue weighted by atomic mass is 35.5. The zero-order chi connectivity index (χ0) is 14.1. The Balaban J connectivity index is 0.00000161. The standard InChI is InChI=1S/C15H24N4O.ClH/c1-18-8-7-16-14(18)10-19(2)15(20)13-9-11-5-3-4-6-12(11)17-13;/h7-8,11-13,17H,3-6,9-10H2,1-2H3;1H. The number of hydrogen-bond acceptors (Lipinski definition) is 3. The van der Waals surface area contributed by atoms with Crippen LogP contribution in [0, 0.1) is 5.92 Å². The number of nitrogens with one attached hydrogen (secondary N) is 1. The van der Waals surface area contributed by atoms with Crippen LogP contribution in [0.1, 0.15) is 37.9 Å². The molecular formula is C15H25ClN4O. The van der Waals surface area contributed by atoms with E-state index in [9.17, 15) is 4.79 Å². The van der Waals surface area contributed by atoms with Crippen molar-refractivity contribution in [3.05, 3.63) is 18.2 Å². The average molecular weight is 313 g/mol. The monoisotopic (exact) mass is 312 g/mol. The number of amides is 1. The Kier molecular flexibility index (Phi) is 5.27. The predicted octanol–water partition coefficient (Wildman–Crippen LogP) is 1.72. The van der Waals surface area contributed by atoms with Crippen LogP contribution < -0.4 is 5.32 Å². The van der Waals surface area contributed by atoms with Gasteiger partial charge in [0.2, 0.25) is 5.91 Å². The zero-order valence-corrected chi connectivity index (χ0v) is 13.6. The van der Waals surface area contributed by atoms with Gasteiger partial charge in [-0.3, -0.25) is 4.79 Å². The molecule has 1 saturated carbocycles. The largest absolute Gasteiger partial charge is 0.337 e. The summed E-state index contributed by atoms with van der Waals surface area (Å²) in [7, 11) is 3.84. The van der Waals surface area contributed by atoms with E-state index in [2.05, 4.69) is 10.3 Å². The van der Waals surface area contributed by atoms with Crippen molar-refractivity contribution in [2.75, 3.05) is 7.05 Å². The summed E-state index contributed by atoms with van der Waals surface area (Å²) in [5.41, 5.74) is 0. The Morgan fingerprint density at radius 3 is 2.90 bits per heavy atom. The highest BCUT2D eigenvalue weighted by Crippen LogP contribution is 2.33. The van der Waals surface area contributed by atoms with E-state index < -0.39 is 0 Å². The second-order valence-electron chi connectivity index (χ2n) is 6.25. The van der Waals surface area contributed by atoms with Gasteiger partial charge in [-0.15, -0.1) is 12.4 Å². The molecule has 0 spiro atoms. The van der Waals surface area contributed by atoms with Gasteiger partial charge < -0.3 is 14.8 Å². The van der Waals surface area contributed by atoms with Crippen LogP contribution in [0.5, 0.6) is 0 Å². The minimum absolute atomic E-state index is 0. The number of aryl methyl sites for hydroxylation is 1. The van der Waals surface area contributed by atoms with Crippen molar-refractivity contribution >= 4 is 18.3 Å². The molecule has 2 heterocycles. The minimum atomic E-state index is 0. The predicted molar refractivity (Wildman–Crippen MR) is 84.2 cm³/mol. The lowest BCUT2D eigenvalue weighted by Gasteiger charge is -2.24. The number of nitrogens with zero attached hydrogens (tertiary/aromatic N) is 3. The summed E-state index contributed by atoms with van der Waals surface area (Å²) in [5, 5.41) is 3.55. The van der Waals surface area contributed by atoms with Gasteiger partial charge in [0.25, 0.3) is 0 Å². The van der Waals surface area contributed by atoms with Crippen molar-refractivity contribution in [3.63, 3.8) is 0 Å². The molecule has 0 aromatic carbocycles. The maximum absolute atomic E-state index is 12.6. The van der Waals surface area contributed by atoms with Gasteiger partial charge >= 0.3 is 0 Å². The highest BCUT2D eigenvalue weighted by molar-refractivity contribution is 5.85. The molecule has 0 radical (unpaired) electrons. The number of carbonyl (C=O) groups excluding carboxylic acids is 1. The third-order valence-corrected chi connectivity index (χ3v) is 4.84. The molecule has 1 amide bonds. The van der Waals surface area contributed by atoms with Gasteiger partial charge in [-0.1, -0.05) is 12.8 Å². The van der Waals surface area contributed by atoms with Crippen LogP contribution in [0.25, 0.3) is 0 Å². The van der Waals surface area contributed by atoms with Gasteiger partial charge in [0.15, 0.2) is 0 Å². The lowest BCUT2D eigenvalue weighted by atomic mass is 9.85. The lowest BCUT2D eigenvalue weighted by molar-refractivity contribution is -0.132. The summed E-state index contributed by atoms with van der Waals surface area (Å²) < 4.78 is 1.96. The summed E-state index contributed by atoms with van der Waals surface area (Å²) in [6, 6.07) is 0.577. The third-order valence-electron chi connectivity index (χ3n) is 4.84. The fraction of sp³-hybridized carbons (Fsp3) is 0.733. The third kappa shape index (κ3) is 3.40. The molecule has 0 bridgehead atoms. The number of imidazole rings is 1. The summed E-state index contributed by atoms with van der Waals surface area (Å²) in [5.74, 6) is 1.85. The van der Waals surface area contributed by atoms with E-state index in [4.69, 9.17) is 0 Å². The van der Waals surface area contributed by atoms with Gasteiger partial charge in [0.05, 0.1) is 12.6 Å². The van der Waals surface area contributed by atoms with Crippen LogP contribution in [0.3, 0.4) is 0 Å². The second-order valence-corrected chi connectivity index (χ2v) is 6.25. The SMILES string of the molecule is CN(Cc1nccn1C)C(=O)C1CC2CCCCC2N1.Cl. The van der Waals surface area contributed by atoms with Crippen LogP contribution >= 0.6 is 12.4 Å². The van der Waals surface area contributed by atoms with Crippen molar-refractivity contribution < 1.29 is 4.79 Å². The van der Waals surface area contributed by atoms with Crippen molar-refractivity contribution in [3.8, 4) is 0 Å². The molecule has 1 saturated heterocycles. The Hall–Kier alpha value is -1.07. The first-order chi connectivity index (χ1) is 9.65. The highest BCUT2D eigenvalue weighted by Gasteiger charge is 2.39. The summed E-state index contributed by atoms with van der Waals surface area (Å²) in [6.45, 7) is 0.579. The van der Waals surface area contributed by atoms with Crippen LogP contribution in [-0.2, 0) is 18.4 Å². The second kappa shape index (κ2) is 6.79. The molecule has 1 N–H and O–H groups in total. The smallest absolute Gasteiger partial charge is 0.239 e.